The van der Waals surface area contributed by atoms with Crippen molar-refractivity contribution in [3.05, 3.63) is 11.1 Å². The molecule has 0 atom stereocenters. The lowest BCUT2D eigenvalue weighted by molar-refractivity contribution is -0.747. The number of imidazole rings is 1. The van der Waals surface area contributed by atoms with Crippen molar-refractivity contribution in [3.63, 3.8) is 0 Å². The Bertz CT molecular complexity index is 465. The molecule has 1 aromatic rings. The summed E-state index contributed by atoms with van der Waals surface area (Å²) in [7, 11) is 1.45. The standard InChI is InChI=1S/C9H12N3O5/c1-4-16-12(15)7-5-10-9(11(7)3)17-8(14)6(2)13/h5H,4H2,1-3H3/q+1. The molecule has 0 spiro atoms. The van der Waals surface area contributed by atoms with Crippen LogP contribution >= 0.6 is 0 Å². The first-order valence-electron chi connectivity index (χ1n) is 4.82. The maximum absolute atomic E-state index is 11.3. The summed E-state index contributed by atoms with van der Waals surface area (Å²) in [6.45, 7) is 2.92. The molecule has 1 heterocycles. The predicted octanol–water partition coefficient (Wildman–Crippen LogP) is 0.276. The molecule has 0 saturated heterocycles. The van der Waals surface area contributed by atoms with E-state index in [1.54, 1.807) is 6.92 Å². The highest BCUT2D eigenvalue weighted by Gasteiger charge is 2.25. The average molecular weight is 242 g/mol. The van der Waals surface area contributed by atoms with E-state index in [4.69, 9.17) is 0 Å². The van der Waals surface area contributed by atoms with Crippen molar-refractivity contribution >= 4 is 17.6 Å². The molecule has 92 valence electrons. The van der Waals surface area contributed by atoms with Crippen LogP contribution in [0.4, 0.5) is 5.82 Å². The third-order valence-corrected chi connectivity index (χ3v) is 1.83. The van der Waals surface area contributed by atoms with Crippen LogP contribution in [0.15, 0.2) is 6.20 Å². The van der Waals surface area contributed by atoms with Gasteiger partial charge >= 0.3 is 17.8 Å². The molecule has 0 fully saturated rings. The number of ether oxygens (including phenoxy) is 1. The molecule has 0 saturated carbocycles. The zero-order valence-electron chi connectivity index (χ0n) is 9.67. The third kappa shape index (κ3) is 2.86. The summed E-state index contributed by atoms with van der Waals surface area (Å²) in [6.07, 6.45) is 1.17. The molecule has 8 nitrogen and oxygen atoms in total. The summed E-state index contributed by atoms with van der Waals surface area (Å²) in [6, 6.07) is -0.152. The van der Waals surface area contributed by atoms with Crippen LogP contribution in [0.5, 0.6) is 6.01 Å². The minimum Gasteiger partial charge on any atom is -0.368 e. The average Bonchev–Trinajstić information content (AvgIpc) is 2.61. The number of carbonyl (C=O) groups is 2. The van der Waals surface area contributed by atoms with Crippen molar-refractivity contribution < 1.29 is 24.1 Å². The molecule has 0 N–H and O–H groups in total. The van der Waals surface area contributed by atoms with Gasteiger partial charge in [0.25, 0.3) is 0 Å². The molecule has 1 rings (SSSR count). The Hall–Kier alpha value is -2.25. The lowest BCUT2D eigenvalue weighted by atomic mass is 10.5. The Morgan fingerprint density at radius 2 is 2.18 bits per heavy atom. The first-order valence-corrected chi connectivity index (χ1v) is 4.82. The van der Waals surface area contributed by atoms with E-state index in [-0.39, 0.29) is 23.4 Å². The molecule has 0 amide bonds. The molecular weight excluding hydrogens is 230 g/mol. The number of carbonyl (C=O) groups excluding carboxylic acids is 2. The van der Waals surface area contributed by atoms with Crippen molar-refractivity contribution in [3.8, 4) is 6.01 Å². The Kier molecular flexibility index (Phi) is 3.91. The molecule has 1 aromatic heterocycles. The van der Waals surface area contributed by atoms with Gasteiger partial charge in [-0.1, -0.05) is 0 Å². The Balaban J connectivity index is 2.87. The van der Waals surface area contributed by atoms with E-state index in [0.29, 0.717) is 0 Å². The lowest BCUT2D eigenvalue weighted by Gasteiger charge is -1.97. The van der Waals surface area contributed by atoms with Crippen LogP contribution in [0, 0.1) is 4.91 Å². The van der Waals surface area contributed by atoms with E-state index >= 15 is 0 Å². The van der Waals surface area contributed by atoms with Crippen LogP contribution in [0.3, 0.4) is 0 Å². The highest BCUT2D eigenvalue weighted by molar-refractivity contribution is 6.33. The first kappa shape index (κ1) is 12.8. The smallest absolute Gasteiger partial charge is 0.368 e. The number of aromatic nitrogens is 2. The Labute approximate surface area is 96.7 Å². The number of hydrogen-bond donors (Lipinski definition) is 0. The first-order chi connectivity index (χ1) is 7.97. The van der Waals surface area contributed by atoms with Gasteiger partial charge in [0.15, 0.2) is 4.92 Å². The zero-order chi connectivity index (χ0) is 13.0. The van der Waals surface area contributed by atoms with Gasteiger partial charge in [0, 0.05) is 6.92 Å². The van der Waals surface area contributed by atoms with Gasteiger partial charge in [-0.25, -0.2) is 4.79 Å². The van der Waals surface area contributed by atoms with Crippen molar-refractivity contribution in [2.45, 2.75) is 13.8 Å². The quantitative estimate of drug-likeness (QED) is 0.418. The summed E-state index contributed by atoms with van der Waals surface area (Å²) in [5.41, 5.74) is 0. The number of nitrogens with zero attached hydrogens (tertiary/aromatic N) is 3. The van der Waals surface area contributed by atoms with E-state index in [9.17, 15) is 14.5 Å². The number of Topliss-reactive ketones (excluding diaryl/α,β-unsaturated/α-hetero) is 1. The summed E-state index contributed by atoms with van der Waals surface area (Å²) < 4.78 is 5.86. The van der Waals surface area contributed by atoms with Gasteiger partial charge in [-0.05, 0) is 11.8 Å². The van der Waals surface area contributed by atoms with Gasteiger partial charge in [0.05, 0.1) is 7.05 Å². The fourth-order valence-electron chi connectivity index (χ4n) is 0.987. The van der Waals surface area contributed by atoms with Crippen LogP contribution in [0.25, 0.3) is 0 Å². The number of hydrogen-bond acceptors (Lipinski definition) is 6. The number of esters is 1. The molecule has 8 heteroatoms. The zero-order valence-corrected chi connectivity index (χ0v) is 9.67. The second-order valence-electron chi connectivity index (χ2n) is 3.08. The second kappa shape index (κ2) is 5.19. The third-order valence-electron chi connectivity index (χ3n) is 1.83. The molecule has 0 bridgehead atoms. The van der Waals surface area contributed by atoms with Gasteiger partial charge in [-0.2, -0.15) is 9.55 Å². The summed E-state index contributed by atoms with van der Waals surface area (Å²) in [5.74, 6) is -1.74. The molecular formula is C9H12N3O5+. The van der Waals surface area contributed by atoms with Crippen LogP contribution in [0.2, 0.25) is 0 Å². The van der Waals surface area contributed by atoms with Gasteiger partial charge in [-0.15, -0.1) is 0 Å². The van der Waals surface area contributed by atoms with Crippen LogP contribution < -0.4 is 4.74 Å². The highest BCUT2D eigenvalue weighted by Crippen LogP contribution is 2.18. The molecule has 0 aliphatic carbocycles. The number of ketones is 1. The van der Waals surface area contributed by atoms with Gasteiger partial charge < -0.3 is 4.74 Å². The van der Waals surface area contributed by atoms with Crippen LogP contribution in [-0.2, 0) is 21.5 Å². The molecule has 0 aromatic carbocycles. The van der Waals surface area contributed by atoms with Crippen LogP contribution in [0.1, 0.15) is 13.8 Å². The maximum atomic E-state index is 11.3. The van der Waals surface area contributed by atoms with Gasteiger partial charge in [0.2, 0.25) is 5.78 Å². The van der Waals surface area contributed by atoms with E-state index < -0.39 is 11.8 Å². The summed E-state index contributed by atoms with van der Waals surface area (Å²) in [5, 5.41) is 0. The maximum Gasteiger partial charge on any atom is 0.398 e. The fraction of sp³-hybridized carbons (Fsp3) is 0.444. The van der Waals surface area contributed by atoms with E-state index in [2.05, 4.69) is 14.6 Å². The number of rotatable bonds is 5. The summed E-state index contributed by atoms with van der Waals surface area (Å²) in [4.78, 5) is 41.7. The lowest BCUT2D eigenvalue weighted by Crippen LogP contribution is -2.19. The largest absolute Gasteiger partial charge is 0.398 e. The fourth-order valence-corrected chi connectivity index (χ4v) is 0.987. The van der Waals surface area contributed by atoms with Crippen molar-refractivity contribution in [1.82, 2.24) is 9.55 Å². The predicted molar refractivity (Wildman–Crippen MR) is 54.4 cm³/mol. The molecule has 0 radical (unpaired) electrons. The van der Waals surface area contributed by atoms with E-state index in [0.717, 1.165) is 6.92 Å². The van der Waals surface area contributed by atoms with Gasteiger partial charge in [0.1, 0.15) is 12.8 Å². The van der Waals surface area contributed by atoms with Crippen molar-refractivity contribution in [2.75, 3.05) is 6.61 Å². The monoisotopic (exact) mass is 242 g/mol. The molecule has 0 unspecified atom stereocenters. The normalized spacial score (nSPS) is 9.82. The second-order valence-corrected chi connectivity index (χ2v) is 3.08. The van der Waals surface area contributed by atoms with E-state index in [1.165, 1.54) is 17.8 Å². The Morgan fingerprint density at radius 3 is 2.71 bits per heavy atom. The molecule has 0 aliphatic heterocycles. The minimum absolute atomic E-state index is 0.0539. The molecule has 17 heavy (non-hydrogen) atoms. The van der Waals surface area contributed by atoms with Crippen molar-refractivity contribution in [1.29, 1.82) is 0 Å². The topological polar surface area (TPSA) is 90.5 Å². The van der Waals surface area contributed by atoms with Crippen LogP contribution in [-0.4, -0.2) is 32.8 Å². The summed E-state index contributed by atoms with van der Waals surface area (Å²) >= 11 is 0. The minimum atomic E-state index is -1.04. The van der Waals surface area contributed by atoms with Gasteiger partial charge in [-0.3, -0.25) is 9.63 Å². The highest BCUT2D eigenvalue weighted by atomic mass is 16.8. The van der Waals surface area contributed by atoms with E-state index in [1.807, 2.05) is 0 Å². The SMILES string of the molecule is CCO[N+](=O)c1cnc(OC(=O)C(C)=O)n1C. The van der Waals surface area contributed by atoms with Crippen molar-refractivity contribution in [2.24, 2.45) is 7.05 Å². The molecule has 0 aliphatic rings. The Morgan fingerprint density at radius 1 is 1.53 bits per heavy atom.